The van der Waals surface area contributed by atoms with Crippen molar-refractivity contribution in [3.63, 3.8) is 0 Å². The van der Waals surface area contributed by atoms with Crippen molar-refractivity contribution in [2.45, 2.75) is 32.1 Å². The van der Waals surface area contributed by atoms with Gasteiger partial charge in [-0.1, -0.05) is 25.1 Å². The summed E-state index contributed by atoms with van der Waals surface area (Å²) in [5.74, 6) is -1.32. The number of rotatable bonds is 3. The lowest BCUT2D eigenvalue weighted by Gasteiger charge is -2.29. The molecular formula is C14H15F2NO2. The minimum absolute atomic E-state index is 0.0780. The smallest absolute Gasteiger partial charge is 0.263 e. The number of nitrogens with one attached hydrogen (secondary N) is 1. The van der Waals surface area contributed by atoms with E-state index in [1.165, 1.54) is 12.1 Å². The van der Waals surface area contributed by atoms with Gasteiger partial charge in [0.25, 0.3) is 6.43 Å². The summed E-state index contributed by atoms with van der Waals surface area (Å²) in [5.41, 5.74) is 0.554. The van der Waals surface area contributed by atoms with Crippen molar-refractivity contribution in [1.29, 1.82) is 0 Å². The molecule has 3 nitrogen and oxygen atoms in total. The van der Waals surface area contributed by atoms with Gasteiger partial charge in [0.1, 0.15) is 0 Å². The van der Waals surface area contributed by atoms with Crippen molar-refractivity contribution in [3.8, 4) is 0 Å². The molecule has 2 atom stereocenters. The van der Waals surface area contributed by atoms with Crippen molar-refractivity contribution >= 4 is 11.8 Å². The zero-order valence-electron chi connectivity index (χ0n) is 10.5. The molecule has 0 saturated carbocycles. The highest BCUT2D eigenvalue weighted by atomic mass is 19.3. The Hall–Kier alpha value is -1.78. The summed E-state index contributed by atoms with van der Waals surface area (Å²) in [6.07, 6.45) is -1.81. The van der Waals surface area contributed by atoms with Crippen LogP contribution in [0.25, 0.3) is 0 Å². The largest absolute Gasteiger partial charge is 0.296 e. The van der Waals surface area contributed by atoms with E-state index in [4.69, 9.17) is 0 Å². The summed E-state index contributed by atoms with van der Waals surface area (Å²) in [4.78, 5) is 23.2. The van der Waals surface area contributed by atoms with Crippen molar-refractivity contribution in [2.24, 2.45) is 5.92 Å². The van der Waals surface area contributed by atoms with Crippen LogP contribution in [0.2, 0.25) is 0 Å². The monoisotopic (exact) mass is 267 g/mol. The standard InChI is InChI=1S/C14H15F2NO2/c1-2-10-11(7-12(18)17-14(10)19)8-4-3-5-9(6-8)13(15)16/h3-6,10-11,13H,2,7H2,1H3,(H,17,18,19). The fourth-order valence-corrected chi connectivity index (χ4v) is 2.55. The van der Waals surface area contributed by atoms with Gasteiger partial charge in [-0.05, 0) is 18.1 Å². The highest BCUT2D eigenvalue weighted by molar-refractivity contribution is 5.99. The molecule has 102 valence electrons. The van der Waals surface area contributed by atoms with Crippen molar-refractivity contribution in [3.05, 3.63) is 35.4 Å². The first kappa shape index (κ1) is 13.6. The van der Waals surface area contributed by atoms with Crippen LogP contribution in [-0.2, 0) is 9.59 Å². The molecule has 1 aliphatic heterocycles. The van der Waals surface area contributed by atoms with E-state index in [1.54, 1.807) is 12.1 Å². The molecule has 0 aliphatic carbocycles. The number of alkyl halides is 2. The van der Waals surface area contributed by atoms with Crippen LogP contribution < -0.4 is 5.32 Å². The van der Waals surface area contributed by atoms with Gasteiger partial charge in [0, 0.05) is 23.8 Å². The predicted octanol–water partition coefficient (Wildman–Crippen LogP) is 2.78. The van der Waals surface area contributed by atoms with Crippen LogP contribution in [0.5, 0.6) is 0 Å². The molecule has 19 heavy (non-hydrogen) atoms. The molecule has 2 unspecified atom stereocenters. The number of hydrogen-bond acceptors (Lipinski definition) is 2. The molecule has 1 aromatic carbocycles. The zero-order valence-corrected chi connectivity index (χ0v) is 10.5. The lowest BCUT2D eigenvalue weighted by Crippen LogP contribution is -2.44. The Kier molecular flexibility index (Phi) is 3.93. The normalized spacial score (nSPS) is 23.6. The lowest BCUT2D eigenvalue weighted by molar-refractivity contribution is -0.137. The Bertz CT molecular complexity index is 502. The molecule has 0 radical (unpaired) electrons. The molecule has 1 heterocycles. The fraction of sp³-hybridized carbons (Fsp3) is 0.429. The second kappa shape index (κ2) is 5.47. The van der Waals surface area contributed by atoms with Gasteiger partial charge in [-0.25, -0.2) is 8.78 Å². The first-order valence-electron chi connectivity index (χ1n) is 6.24. The molecule has 1 aromatic rings. The average molecular weight is 267 g/mol. The zero-order chi connectivity index (χ0) is 14.0. The Morgan fingerprint density at radius 2 is 2.11 bits per heavy atom. The number of carbonyl (C=O) groups is 2. The third-order valence-corrected chi connectivity index (χ3v) is 3.52. The SMILES string of the molecule is CCC1C(=O)NC(=O)CC1c1cccc(C(F)F)c1. The summed E-state index contributed by atoms with van der Waals surface area (Å²) in [6, 6.07) is 5.98. The van der Waals surface area contributed by atoms with Gasteiger partial charge in [-0.2, -0.15) is 0 Å². The molecule has 1 aliphatic rings. The van der Waals surface area contributed by atoms with Gasteiger partial charge in [0.05, 0.1) is 0 Å². The predicted molar refractivity (Wildman–Crippen MR) is 65.7 cm³/mol. The topological polar surface area (TPSA) is 46.2 Å². The summed E-state index contributed by atoms with van der Waals surface area (Å²) in [7, 11) is 0. The molecule has 1 fully saturated rings. The number of benzene rings is 1. The van der Waals surface area contributed by atoms with E-state index < -0.39 is 6.43 Å². The molecule has 0 spiro atoms. The number of hydrogen-bond donors (Lipinski definition) is 1. The molecule has 2 amide bonds. The quantitative estimate of drug-likeness (QED) is 0.856. The third kappa shape index (κ3) is 2.80. The van der Waals surface area contributed by atoms with E-state index in [2.05, 4.69) is 5.32 Å². The van der Waals surface area contributed by atoms with Gasteiger partial charge < -0.3 is 0 Å². The highest BCUT2D eigenvalue weighted by Crippen LogP contribution is 2.34. The first-order chi connectivity index (χ1) is 9.02. The van der Waals surface area contributed by atoms with Gasteiger partial charge in [-0.15, -0.1) is 0 Å². The van der Waals surface area contributed by atoms with Crippen LogP contribution in [0.3, 0.4) is 0 Å². The molecular weight excluding hydrogens is 252 g/mol. The second-order valence-corrected chi connectivity index (χ2v) is 4.71. The minimum atomic E-state index is -2.55. The number of amides is 2. The van der Waals surface area contributed by atoms with E-state index in [1.807, 2.05) is 6.92 Å². The second-order valence-electron chi connectivity index (χ2n) is 4.71. The average Bonchev–Trinajstić information content (AvgIpc) is 2.38. The van der Waals surface area contributed by atoms with E-state index >= 15 is 0 Å². The van der Waals surface area contributed by atoms with Gasteiger partial charge in [-0.3, -0.25) is 14.9 Å². The Morgan fingerprint density at radius 3 is 2.74 bits per heavy atom. The maximum Gasteiger partial charge on any atom is 0.263 e. The van der Waals surface area contributed by atoms with Gasteiger partial charge in [0.2, 0.25) is 11.8 Å². The molecule has 1 N–H and O–H groups in total. The van der Waals surface area contributed by atoms with Crippen LogP contribution in [0.15, 0.2) is 24.3 Å². The molecule has 0 aromatic heterocycles. The Labute approximate surface area is 110 Å². The fourth-order valence-electron chi connectivity index (χ4n) is 2.55. The molecule has 0 bridgehead atoms. The Morgan fingerprint density at radius 1 is 1.37 bits per heavy atom. The van der Waals surface area contributed by atoms with Gasteiger partial charge in [0.15, 0.2) is 0 Å². The van der Waals surface area contributed by atoms with Gasteiger partial charge >= 0.3 is 0 Å². The number of imide groups is 1. The highest BCUT2D eigenvalue weighted by Gasteiger charge is 2.35. The molecule has 2 rings (SSSR count). The van der Waals surface area contributed by atoms with Crippen LogP contribution in [-0.4, -0.2) is 11.8 Å². The number of carbonyl (C=O) groups excluding carboxylic acids is 2. The van der Waals surface area contributed by atoms with Crippen molar-refractivity contribution in [1.82, 2.24) is 5.32 Å². The van der Waals surface area contributed by atoms with Crippen molar-refractivity contribution in [2.75, 3.05) is 0 Å². The summed E-state index contributed by atoms with van der Waals surface area (Å²) < 4.78 is 25.4. The minimum Gasteiger partial charge on any atom is -0.296 e. The maximum atomic E-state index is 12.7. The first-order valence-corrected chi connectivity index (χ1v) is 6.24. The van der Waals surface area contributed by atoms with E-state index in [0.717, 1.165) is 0 Å². The van der Waals surface area contributed by atoms with Crippen molar-refractivity contribution < 1.29 is 18.4 Å². The van der Waals surface area contributed by atoms with E-state index in [9.17, 15) is 18.4 Å². The van der Waals surface area contributed by atoms with E-state index in [-0.39, 0.29) is 35.6 Å². The lowest BCUT2D eigenvalue weighted by atomic mass is 9.78. The summed E-state index contributed by atoms with van der Waals surface area (Å²) >= 11 is 0. The van der Waals surface area contributed by atoms with Crippen LogP contribution in [0.1, 0.15) is 43.2 Å². The van der Waals surface area contributed by atoms with Crippen LogP contribution in [0.4, 0.5) is 8.78 Å². The maximum absolute atomic E-state index is 12.7. The summed E-state index contributed by atoms with van der Waals surface area (Å²) in [5, 5.41) is 2.29. The summed E-state index contributed by atoms with van der Waals surface area (Å²) in [6.45, 7) is 1.85. The number of halogens is 2. The number of piperidine rings is 1. The Balaban J connectivity index is 2.34. The van der Waals surface area contributed by atoms with Crippen LogP contribution >= 0.6 is 0 Å². The van der Waals surface area contributed by atoms with Crippen LogP contribution in [0, 0.1) is 5.92 Å². The third-order valence-electron chi connectivity index (χ3n) is 3.52. The van der Waals surface area contributed by atoms with E-state index in [0.29, 0.717) is 12.0 Å². The molecule has 1 saturated heterocycles. The molecule has 5 heteroatoms.